The molecule has 1 saturated heterocycles. The van der Waals surface area contributed by atoms with Gasteiger partial charge in [-0.3, -0.25) is 19.7 Å². The van der Waals surface area contributed by atoms with E-state index in [-0.39, 0.29) is 18.8 Å². The second-order valence-electron chi connectivity index (χ2n) is 3.68. The summed E-state index contributed by atoms with van der Waals surface area (Å²) in [5.74, 6) is 4.01. The van der Waals surface area contributed by atoms with Gasteiger partial charge in [0.15, 0.2) is 0 Å². The van der Waals surface area contributed by atoms with Crippen LogP contribution >= 0.6 is 0 Å². The first-order valence-electron chi connectivity index (χ1n) is 5.16. The molecule has 3 amide bonds. The number of hydrogen-bond donors (Lipinski definition) is 3. The summed E-state index contributed by atoms with van der Waals surface area (Å²) < 4.78 is 0. The molecule has 1 fully saturated rings. The van der Waals surface area contributed by atoms with Crippen LogP contribution in [0, 0.1) is 0 Å². The van der Waals surface area contributed by atoms with Crippen LogP contribution in [0.4, 0.5) is 5.82 Å². The van der Waals surface area contributed by atoms with Gasteiger partial charge < -0.3 is 10.3 Å². The van der Waals surface area contributed by atoms with Crippen LogP contribution in [0.3, 0.4) is 0 Å². The normalized spacial score (nSPS) is 15.3. The van der Waals surface area contributed by atoms with Crippen LogP contribution in [0.25, 0.3) is 0 Å². The van der Waals surface area contributed by atoms with Gasteiger partial charge >= 0.3 is 0 Å². The first kappa shape index (κ1) is 12.0. The molecular weight excluding hydrogens is 238 g/mol. The monoisotopic (exact) mass is 249 g/mol. The third kappa shape index (κ3) is 2.43. The zero-order valence-corrected chi connectivity index (χ0v) is 9.34. The lowest BCUT2D eigenvalue weighted by Crippen LogP contribution is -2.53. The number of aromatic nitrogens is 1. The van der Waals surface area contributed by atoms with Crippen molar-refractivity contribution in [2.24, 2.45) is 5.84 Å². The fourth-order valence-corrected chi connectivity index (χ4v) is 1.58. The highest BCUT2D eigenvalue weighted by Gasteiger charge is 2.27. The molecule has 1 aliphatic rings. The van der Waals surface area contributed by atoms with Crippen LogP contribution in [0.5, 0.6) is 0 Å². The Morgan fingerprint density at radius 3 is 2.61 bits per heavy atom. The predicted octanol–water partition coefficient (Wildman–Crippen LogP) is -1.53. The van der Waals surface area contributed by atoms with Crippen LogP contribution in [-0.4, -0.2) is 40.7 Å². The van der Waals surface area contributed by atoms with E-state index >= 15 is 0 Å². The van der Waals surface area contributed by atoms with Crippen molar-refractivity contribution in [1.82, 2.24) is 15.2 Å². The van der Waals surface area contributed by atoms with Crippen molar-refractivity contribution in [3.63, 3.8) is 0 Å². The van der Waals surface area contributed by atoms with Crippen molar-refractivity contribution in [2.45, 2.75) is 0 Å². The standard InChI is InChI=1S/C10H11N5O3/c11-14-7-3-1-2-6(12-7)10(18)15-4-8(16)13-9(17)5-15/h1-3H,4-5,11H2,(H,12,14)(H,13,16,17). The zero-order chi connectivity index (χ0) is 13.1. The van der Waals surface area contributed by atoms with Crippen molar-refractivity contribution >= 4 is 23.5 Å². The number of nitrogens with one attached hydrogen (secondary N) is 2. The minimum Gasteiger partial charge on any atom is -0.319 e. The molecule has 0 radical (unpaired) electrons. The number of nitrogens with two attached hydrogens (primary N) is 1. The van der Waals surface area contributed by atoms with Gasteiger partial charge in [-0.2, -0.15) is 0 Å². The number of pyridine rings is 1. The van der Waals surface area contributed by atoms with E-state index in [0.717, 1.165) is 4.90 Å². The van der Waals surface area contributed by atoms with Crippen molar-refractivity contribution in [3.8, 4) is 0 Å². The van der Waals surface area contributed by atoms with Crippen LogP contribution in [0.15, 0.2) is 18.2 Å². The molecule has 1 aromatic rings. The number of nitrogen functional groups attached to an aromatic ring is 1. The van der Waals surface area contributed by atoms with Gasteiger partial charge in [0.2, 0.25) is 11.8 Å². The highest BCUT2D eigenvalue weighted by Crippen LogP contribution is 2.07. The predicted molar refractivity (Wildman–Crippen MR) is 61.1 cm³/mol. The summed E-state index contributed by atoms with van der Waals surface area (Å²) in [4.78, 5) is 39.4. The number of amides is 3. The molecule has 0 saturated carbocycles. The van der Waals surface area contributed by atoms with Gasteiger partial charge in [-0.25, -0.2) is 10.8 Å². The Hall–Kier alpha value is -2.48. The Bertz CT molecular complexity index is 500. The third-order valence-corrected chi connectivity index (χ3v) is 2.35. The third-order valence-electron chi connectivity index (χ3n) is 2.35. The second-order valence-corrected chi connectivity index (χ2v) is 3.68. The number of carbonyl (C=O) groups is 3. The molecular formula is C10H11N5O3. The highest BCUT2D eigenvalue weighted by molar-refractivity contribution is 6.05. The van der Waals surface area contributed by atoms with E-state index in [1.807, 2.05) is 0 Å². The molecule has 2 rings (SSSR count). The first-order valence-corrected chi connectivity index (χ1v) is 5.16. The van der Waals surface area contributed by atoms with Crippen molar-refractivity contribution in [1.29, 1.82) is 0 Å². The van der Waals surface area contributed by atoms with Gasteiger partial charge in [0.1, 0.15) is 24.6 Å². The maximum Gasteiger partial charge on any atom is 0.273 e. The zero-order valence-electron chi connectivity index (χ0n) is 9.34. The summed E-state index contributed by atoms with van der Waals surface area (Å²) in [6.07, 6.45) is 0. The van der Waals surface area contributed by atoms with E-state index in [0.29, 0.717) is 5.82 Å². The molecule has 94 valence electrons. The van der Waals surface area contributed by atoms with Crippen LogP contribution in [0.2, 0.25) is 0 Å². The molecule has 8 nitrogen and oxygen atoms in total. The lowest BCUT2D eigenvalue weighted by Gasteiger charge is -2.25. The van der Waals surface area contributed by atoms with E-state index in [4.69, 9.17) is 5.84 Å². The summed E-state index contributed by atoms with van der Waals surface area (Å²) in [5.41, 5.74) is 2.43. The highest BCUT2D eigenvalue weighted by atomic mass is 16.2. The largest absolute Gasteiger partial charge is 0.319 e. The maximum absolute atomic E-state index is 12.0. The topological polar surface area (TPSA) is 117 Å². The number of hydrogen-bond acceptors (Lipinski definition) is 6. The number of rotatable bonds is 2. The smallest absolute Gasteiger partial charge is 0.273 e. The van der Waals surface area contributed by atoms with Gasteiger partial charge in [-0.05, 0) is 12.1 Å². The average Bonchev–Trinajstić information content (AvgIpc) is 2.37. The van der Waals surface area contributed by atoms with Crippen LogP contribution in [0.1, 0.15) is 10.5 Å². The van der Waals surface area contributed by atoms with Crippen LogP contribution < -0.4 is 16.6 Å². The number of nitrogens with zero attached hydrogens (tertiary/aromatic N) is 2. The number of hydrazine groups is 1. The molecule has 0 aromatic carbocycles. The number of anilines is 1. The summed E-state index contributed by atoms with van der Waals surface area (Å²) in [7, 11) is 0. The lowest BCUT2D eigenvalue weighted by molar-refractivity contribution is -0.135. The van der Waals surface area contributed by atoms with E-state index in [1.165, 1.54) is 6.07 Å². The number of imide groups is 1. The van der Waals surface area contributed by atoms with Gasteiger partial charge in [0.25, 0.3) is 5.91 Å². The van der Waals surface area contributed by atoms with Crippen molar-refractivity contribution < 1.29 is 14.4 Å². The summed E-state index contributed by atoms with van der Waals surface area (Å²) in [6.45, 7) is -0.320. The molecule has 1 aliphatic heterocycles. The molecule has 2 heterocycles. The van der Waals surface area contributed by atoms with E-state index in [1.54, 1.807) is 12.1 Å². The molecule has 0 unspecified atom stereocenters. The molecule has 4 N–H and O–H groups in total. The van der Waals surface area contributed by atoms with E-state index in [2.05, 4.69) is 15.7 Å². The molecule has 8 heteroatoms. The summed E-state index contributed by atoms with van der Waals surface area (Å²) in [6, 6.07) is 4.67. The van der Waals surface area contributed by atoms with Gasteiger partial charge in [-0.1, -0.05) is 6.07 Å². The summed E-state index contributed by atoms with van der Waals surface area (Å²) >= 11 is 0. The van der Waals surface area contributed by atoms with Crippen molar-refractivity contribution in [3.05, 3.63) is 23.9 Å². The molecule has 1 aromatic heterocycles. The van der Waals surface area contributed by atoms with E-state index in [9.17, 15) is 14.4 Å². The van der Waals surface area contributed by atoms with Crippen LogP contribution in [-0.2, 0) is 9.59 Å². The maximum atomic E-state index is 12.0. The van der Waals surface area contributed by atoms with E-state index < -0.39 is 17.7 Å². The molecule has 0 atom stereocenters. The van der Waals surface area contributed by atoms with Gasteiger partial charge in [0, 0.05) is 0 Å². The average molecular weight is 249 g/mol. The van der Waals surface area contributed by atoms with Crippen molar-refractivity contribution in [2.75, 3.05) is 18.5 Å². The Balaban J connectivity index is 2.19. The minimum atomic E-state index is -0.507. The minimum absolute atomic E-state index is 0.118. The molecule has 0 bridgehead atoms. The fourth-order valence-electron chi connectivity index (χ4n) is 1.58. The molecule has 18 heavy (non-hydrogen) atoms. The van der Waals surface area contributed by atoms with Gasteiger partial charge in [0.05, 0.1) is 0 Å². The SMILES string of the molecule is NNc1cccc(C(=O)N2CC(=O)NC(=O)C2)n1. The second kappa shape index (κ2) is 4.80. The Morgan fingerprint density at radius 1 is 1.33 bits per heavy atom. The first-order chi connectivity index (χ1) is 8.60. The van der Waals surface area contributed by atoms with Gasteiger partial charge in [-0.15, -0.1) is 0 Å². The lowest BCUT2D eigenvalue weighted by atomic mass is 10.2. The Labute approximate surface area is 102 Å². The fraction of sp³-hybridized carbons (Fsp3) is 0.200. The summed E-state index contributed by atoms with van der Waals surface area (Å²) in [5, 5.41) is 2.11. The number of piperazine rings is 1. The number of carbonyl (C=O) groups excluding carboxylic acids is 3. The molecule has 0 spiro atoms. The molecule has 0 aliphatic carbocycles. The quantitative estimate of drug-likeness (QED) is 0.332. The Morgan fingerprint density at radius 2 is 2.00 bits per heavy atom. The Kier molecular flexibility index (Phi) is 3.20.